The summed E-state index contributed by atoms with van der Waals surface area (Å²) in [5, 5.41) is 11.8. The Labute approximate surface area is 173 Å². The van der Waals surface area contributed by atoms with Crippen molar-refractivity contribution in [2.24, 2.45) is 11.8 Å². The summed E-state index contributed by atoms with van der Waals surface area (Å²) in [7, 11) is 1.79. The van der Waals surface area contributed by atoms with Crippen molar-refractivity contribution in [3.63, 3.8) is 0 Å². The standard InChI is InChI=1S/C25H32N2O2/c1-29-23-14-19-8-3-2-7-18(19)13-20(23)15-27-16-21-9-6-10-22(17-27)25(21,28)24-11-4-5-12-26-24/h4-5,11-14,21-22,28H,2-3,6-10,15-17H2,1H3/t21-,22-/m0/s1. The highest BCUT2D eigenvalue weighted by atomic mass is 16.5. The van der Waals surface area contributed by atoms with Gasteiger partial charge in [-0.2, -0.15) is 0 Å². The highest BCUT2D eigenvalue weighted by Crippen LogP contribution is 2.49. The number of hydrogen-bond donors (Lipinski definition) is 1. The van der Waals surface area contributed by atoms with Crippen molar-refractivity contribution in [1.82, 2.24) is 9.88 Å². The number of aryl methyl sites for hydroxylation is 2. The summed E-state index contributed by atoms with van der Waals surface area (Å²) in [5.74, 6) is 1.52. The first-order chi connectivity index (χ1) is 14.2. The van der Waals surface area contributed by atoms with E-state index in [-0.39, 0.29) is 11.8 Å². The van der Waals surface area contributed by atoms with E-state index in [0.29, 0.717) is 0 Å². The van der Waals surface area contributed by atoms with Crippen molar-refractivity contribution in [3.8, 4) is 5.75 Å². The van der Waals surface area contributed by atoms with Crippen molar-refractivity contribution < 1.29 is 9.84 Å². The van der Waals surface area contributed by atoms with E-state index in [0.717, 1.165) is 43.9 Å². The van der Waals surface area contributed by atoms with E-state index in [1.807, 2.05) is 24.4 Å². The molecule has 2 fully saturated rings. The molecule has 1 aromatic carbocycles. The highest BCUT2D eigenvalue weighted by Gasteiger charge is 2.52. The van der Waals surface area contributed by atoms with Crippen molar-refractivity contribution in [2.45, 2.75) is 57.1 Å². The predicted molar refractivity (Wildman–Crippen MR) is 114 cm³/mol. The summed E-state index contributed by atoms with van der Waals surface area (Å²) < 4.78 is 5.77. The zero-order chi connectivity index (χ0) is 19.8. The number of rotatable bonds is 4. The molecular weight excluding hydrogens is 360 g/mol. The van der Waals surface area contributed by atoms with Gasteiger partial charge in [0, 0.05) is 43.2 Å². The number of aromatic nitrogens is 1. The Morgan fingerprint density at radius 3 is 2.45 bits per heavy atom. The van der Waals surface area contributed by atoms with Gasteiger partial charge >= 0.3 is 0 Å². The van der Waals surface area contributed by atoms with Crippen LogP contribution in [0.25, 0.3) is 0 Å². The molecule has 3 aliphatic rings. The second-order valence-electron chi connectivity index (χ2n) is 9.20. The topological polar surface area (TPSA) is 45.6 Å². The molecule has 154 valence electrons. The molecule has 2 aliphatic carbocycles. The van der Waals surface area contributed by atoms with Crippen molar-refractivity contribution in [3.05, 3.63) is 58.9 Å². The van der Waals surface area contributed by atoms with Gasteiger partial charge in [-0.3, -0.25) is 9.88 Å². The van der Waals surface area contributed by atoms with Crippen molar-refractivity contribution in [2.75, 3.05) is 20.2 Å². The molecule has 0 unspecified atom stereocenters. The van der Waals surface area contributed by atoms with Crippen molar-refractivity contribution in [1.29, 1.82) is 0 Å². The number of nitrogens with zero attached hydrogens (tertiary/aromatic N) is 2. The first-order valence-electron chi connectivity index (χ1n) is 11.2. The average molecular weight is 393 g/mol. The van der Waals surface area contributed by atoms with Crippen LogP contribution in [0.3, 0.4) is 0 Å². The van der Waals surface area contributed by atoms with E-state index in [4.69, 9.17) is 4.74 Å². The summed E-state index contributed by atoms with van der Waals surface area (Å²) in [4.78, 5) is 7.09. The Kier molecular flexibility index (Phi) is 5.09. The van der Waals surface area contributed by atoms with E-state index in [1.165, 1.54) is 48.8 Å². The minimum atomic E-state index is -0.782. The maximum Gasteiger partial charge on any atom is 0.123 e. The predicted octanol–water partition coefficient (Wildman–Crippen LogP) is 4.09. The number of hydrogen-bond acceptors (Lipinski definition) is 4. The number of pyridine rings is 1. The van der Waals surface area contributed by atoms with E-state index in [1.54, 1.807) is 7.11 Å². The fraction of sp³-hybridized carbons (Fsp3) is 0.560. The average Bonchev–Trinajstić information content (AvgIpc) is 2.74. The van der Waals surface area contributed by atoms with Crippen LogP contribution in [0.5, 0.6) is 5.75 Å². The van der Waals surface area contributed by atoms with Gasteiger partial charge in [0.1, 0.15) is 11.4 Å². The number of ether oxygens (including phenoxy) is 1. The number of methoxy groups -OCH3 is 1. The monoisotopic (exact) mass is 392 g/mol. The minimum absolute atomic E-state index is 0.244. The number of aliphatic hydroxyl groups is 1. The quantitative estimate of drug-likeness (QED) is 0.851. The number of fused-ring (bicyclic) bond motifs is 3. The molecular formula is C25H32N2O2. The molecule has 2 bridgehead atoms. The van der Waals surface area contributed by atoms with Gasteiger partial charge in [-0.15, -0.1) is 0 Å². The maximum absolute atomic E-state index is 11.8. The zero-order valence-electron chi connectivity index (χ0n) is 17.4. The molecule has 29 heavy (non-hydrogen) atoms. The zero-order valence-corrected chi connectivity index (χ0v) is 17.4. The third-order valence-electron chi connectivity index (χ3n) is 7.52. The van der Waals surface area contributed by atoms with Gasteiger partial charge in [0.2, 0.25) is 0 Å². The van der Waals surface area contributed by atoms with Crippen LogP contribution in [0.4, 0.5) is 0 Å². The van der Waals surface area contributed by atoms with Gasteiger partial charge in [-0.05, 0) is 67.9 Å². The Morgan fingerprint density at radius 2 is 1.79 bits per heavy atom. The SMILES string of the molecule is COc1cc2c(cc1CN1C[C@@H]3CCC[C@@H](C1)C3(O)c1ccccn1)CCCC2. The van der Waals surface area contributed by atoms with Crippen LogP contribution >= 0.6 is 0 Å². The smallest absolute Gasteiger partial charge is 0.123 e. The van der Waals surface area contributed by atoms with Gasteiger partial charge in [-0.1, -0.05) is 18.6 Å². The van der Waals surface area contributed by atoms with Crippen LogP contribution in [-0.4, -0.2) is 35.2 Å². The summed E-state index contributed by atoms with van der Waals surface area (Å²) in [6.07, 6.45) is 10.1. The second kappa shape index (κ2) is 7.73. The lowest BCUT2D eigenvalue weighted by Crippen LogP contribution is -2.58. The Morgan fingerprint density at radius 1 is 1.07 bits per heavy atom. The molecule has 2 atom stereocenters. The summed E-state index contributed by atoms with van der Waals surface area (Å²) in [5.41, 5.74) is 4.36. The fourth-order valence-corrected chi connectivity index (χ4v) is 6.06. The third kappa shape index (κ3) is 3.36. The lowest BCUT2D eigenvalue weighted by molar-refractivity contribution is -0.151. The summed E-state index contributed by atoms with van der Waals surface area (Å²) >= 11 is 0. The van der Waals surface area contributed by atoms with Crippen LogP contribution in [0.15, 0.2) is 36.5 Å². The molecule has 5 rings (SSSR count). The first-order valence-corrected chi connectivity index (χ1v) is 11.2. The van der Waals surface area contributed by atoms with Gasteiger partial charge in [-0.25, -0.2) is 0 Å². The van der Waals surface area contributed by atoms with Crippen LogP contribution in [0.1, 0.15) is 54.5 Å². The van der Waals surface area contributed by atoms with Crippen LogP contribution in [0, 0.1) is 11.8 Å². The molecule has 1 aliphatic heterocycles. The van der Waals surface area contributed by atoms with E-state index in [9.17, 15) is 5.11 Å². The lowest BCUT2D eigenvalue weighted by Gasteiger charge is -2.52. The van der Waals surface area contributed by atoms with E-state index >= 15 is 0 Å². The molecule has 0 radical (unpaired) electrons. The van der Waals surface area contributed by atoms with Gasteiger partial charge in [0.05, 0.1) is 12.8 Å². The molecule has 0 spiro atoms. The molecule has 1 N–H and O–H groups in total. The maximum atomic E-state index is 11.8. The fourth-order valence-electron chi connectivity index (χ4n) is 6.06. The van der Waals surface area contributed by atoms with Crippen LogP contribution < -0.4 is 4.74 Å². The first kappa shape index (κ1) is 19.1. The van der Waals surface area contributed by atoms with Crippen LogP contribution in [0.2, 0.25) is 0 Å². The Hall–Kier alpha value is -1.91. The molecule has 1 saturated carbocycles. The molecule has 1 aromatic heterocycles. The summed E-state index contributed by atoms with van der Waals surface area (Å²) in [6, 6.07) is 10.6. The number of likely N-dealkylation sites (tertiary alicyclic amines) is 1. The molecule has 4 heteroatoms. The lowest BCUT2D eigenvalue weighted by atomic mass is 9.64. The molecule has 4 nitrogen and oxygen atoms in total. The Bertz CT molecular complexity index is 853. The number of benzene rings is 1. The van der Waals surface area contributed by atoms with E-state index < -0.39 is 5.60 Å². The number of piperidine rings is 1. The largest absolute Gasteiger partial charge is 0.496 e. The van der Waals surface area contributed by atoms with Gasteiger partial charge in [0.25, 0.3) is 0 Å². The Balaban J connectivity index is 1.40. The third-order valence-corrected chi connectivity index (χ3v) is 7.52. The normalized spacial score (nSPS) is 29.3. The molecule has 2 aromatic rings. The van der Waals surface area contributed by atoms with Crippen LogP contribution in [-0.2, 0) is 25.0 Å². The van der Waals surface area contributed by atoms with Gasteiger partial charge < -0.3 is 9.84 Å². The minimum Gasteiger partial charge on any atom is -0.496 e. The molecule has 1 saturated heterocycles. The van der Waals surface area contributed by atoms with Gasteiger partial charge in [0.15, 0.2) is 0 Å². The van der Waals surface area contributed by atoms with E-state index in [2.05, 4.69) is 22.0 Å². The highest BCUT2D eigenvalue weighted by molar-refractivity contribution is 5.44. The van der Waals surface area contributed by atoms with Crippen molar-refractivity contribution >= 4 is 0 Å². The summed E-state index contributed by atoms with van der Waals surface area (Å²) in [6.45, 7) is 2.75. The molecule has 0 amide bonds. The molecule has 2 heterocycles. The second-order valence-corrected chi connectivity index (χ2v) is 9.20.